The van der Waals surface area contributed by atoms with E-state index in [-0.39, 0.29) is 18.0 Å². The number of hydrogen-bond donors (Lipinski definition) is 1. The summed E-state index contributed by atoms with van der Waals surface area (Å²) < 4.78 is 0. The molecule has 8 heteroatoms. The lowest BCUT2D eigenvalue weighted by Crippen LogP contribution is -2.20. The largest absolute Gasteiger partial charge is 0.278 e. The van der Waals surface area contributed by atoms with Crippen molar-refractivity contribution in [2.24, 2.45) is 5.10 Å². The average Bonchev–Trinajstić information content (AvgIpc) is 2.84. The Balaban J connectivity index is 1.96. The van der Waals surface area contributed by atoms with Gasteiger partial charge in [-0.25, -0.2) is 10.4 Å². The molecule has 0 atom stereocenters. The fraction of sp³-hybridized carbons (Fsp3) is 0.154. The minimum absolute atomic E-state index is 0.0642. The monoisotopic (exact) mass is 304 g/mol. The number of benzene rings is 1. The summed E-state index contributed by atoms with van der Waals surface area (Å²) in [5, 5.41) is 17.2. The van der Waals surface area contributed by atoms with Crippen molar-refractivity contribution in [3.05, 3.63) is 56.0 Å². The summed E-state index contributed by atoms with van der Waals surface area (Å²) in [5.41, 5.74) is 3.27. The van der Waals surface area contributed by atoms with Crippen molar-refractivity contribution < 1.29 is 9.72 Å². The van der Waals surface area contributed by atoms with Gasteiger partial charge in [-0.3, -0.25) is 14.9 Å². The molecule has 0 saturated heterocycles. The average molecular weight is 304 g/mol. The Bertz CT molecular complexity index is 696. The molecule has 0 radical (unpaired) electrons. The highest BCUT2D eigenvalue weighted by molar-refractivity contribution is 7.09. The lowest BCUT2D eigenvalue weighted by Gasteiger charge is -1.98. The molecule has 108 valence electrons. The highest BCUT2D eigenvalue weighted by Crippen LogP contribution is 2.15. The quantitative estimate of drug-likeness (QED) is 0.519. The van der Waals surface area contributed by atoms with Gasteiger partial charge in [-0.05, 0) is 13.0 Å². The minimum Gasteiger partial charge on any atom is -0.273 e. The first-order valence-corrected chi connectivity index (χ1v) is 6.90. The molecule has 0 saturated carbocycles. The predicted molar refractivity (Wildman–Crippen MR) is 79.4 cm³/mol. The van der Waals surface area contributed by atoms with Crippen LogP contribution in [0.25, 0.3) is 0 Å². The van der Waals surface area contributed by atoms with Crippen LogP contribution in [0.4, 0.5) is 5.69 Å². The second-order valence-corrected chi connectivity index (χ2v) is 5.21. The van der Waals surface area contributed by atoms with Gasteiger partial charge in [0.25, 0.3) is 5.69 Å². The standard InChI is InChI=1S/C13H12N4O3S/c1-9-15-11(8-21-9)6-13(18)16-14-7-10-4-2-3-5-12(10)17(19)20/h2-5,7-8H,6H2,1H3,(H,16,18). The van der Waals surface area contributed by atoms with Crippen LogP contribution in [-0.4, -0.2) is 22.0 Å². The Morgan fingerprint density at radius 3 is 2.95 bits per heavy atom. The van der Waals surface area contributed by atoms with Crippen LogP contribution in [-0.2, 0) is 11.2 Å². The second-order valence-electron chi connectivity index (χ2n) is 4.14. The summed E-state index contributed by atoms with van der Waals surface area (Å²) in [6, 6.07) is 6.16. The Kier molecular flexibility index (Phi) is 4.72. The number of nitrogens with one attached hydrogen (secondary N) is 1. The Morgan fingerprint density at radius 2 is 2.29 bits per heavy atom. The molecule has 7 nitrogen and oxygen atoms in total. The zero-order valence-corrected chi connectivity index (χ0v) is 12.0. The molecule has 1 aromatic heterocycles. The van der Waals surface area contributed by atoms with Gasteiger partial charge in [0.2, 0.25) is 5.91 Å². The van der Waals surface area contributed by atoms with Gasteiger partial charge in [0.1, 0.15) is 0 Å². The van der Waals surface area contributed by atoms with Crippen LogP contribution in [0.3, 0.4) is 0 Å². The molecule has 2 rings (SSSR count). The summed E-state index contributed by atoms with van der Waals surface area (Å²) in [7, 11) is 0. The molecule has 1 heterocycles. The van der Waals surface area contributed by atoms with E-state index < -0.39 is 4.92 Å². The van der Waals surface area contributed by atoms with E-state index in [4.69, 9.17) is 0 Å². The van der Waals surface area contributed by atoms with Crippen molar-refractivity contribution in [3.8, 4) is 0 Å². The first-order chi connectivity index (χ1) is 10.1. The number of rotatable bonds is 5. The van der Waals surface area contributed by atoms with Crippen molar-refractivity contribution in [2.75, 3.05) is 0 Å². The molecule has 0 unspecified atom stereocenters. The van der Waals surface area contributed by atoms with E-state index in [1.807, 2.05) is 6.92 Å². The van der Waals surface area contributed by atoms with Crippen molar-refractivity contribution in [1.82, 2.24) is 10.4 Å². The van der Waals surface area contributed by atoms with E-state index in [0.717, 1.165) is 5.01 Å². The van der Waals surface area contributed by atoms with Gasteiger partial charge in [-0.2, -0.15) is 5.10 Å². The molecular weight excluding hydrogens is 292 g/mol. The number of carbonyl (C=O) groups is 1. The van der Waals surface area contributed by atoms with Gasteiger partial charge in [-0.1, -0.05) is 12.1 Å². The summed E-state index contributed by atoms with van der Waals surface area (Å²) in [4.78, 5) is 26.1. The summed E-state index contributed by atoms with van der Waals surface area (Å²) in [6.45, 7) is 1.86. The van der Waals surface area contributed by atoms with Crippen LogP contribution in [0, 0.1) is 17.0 Å². The molecule has 21 heavy (non-hydrogen) atoms. The number of para-hydroxylation sites is 1. The van der Waals surface area contributed by atoms with Crippen LogP contribution in [0.1, 0.15) is 16.3 Å². The molecule has 0 fully saturated rings. The molecular formula is C13H12N4O3S. The maximum absolute atomic E-state index is 11.6. The zero-order valence-electron chi connectivity index (χ0n) is 11.1. The summed E-state index contributed by atoms with van der Waals surface area (Å²) in [5.74, 6) is -0.324. The summed E-state index contributed by atoms with van der Waals surface area (Å²) in [6.07, 6.45) is 1.38. The minimum atomic E-state index is -0.499. The number of hydrazone groups is 1. The van der Waals surface area contributed by atoms with Crippen LogP contribution in [0.2, 0.25) is 0 Å². The fourth-order valence-corrected chi connectivity index (χ4v) is 2.24. The number of nitrogens with zero attached hydrogens (tertiary/aromatic N) is 3. The Labute approximate surface area is 124 Å². The lowest BCUT2D eigenvalue weighted by atomic mass is 10.2. The normalized spacial score (nSPS) is 10.7. The topological polar surface area (TPSA) is 97.5 Å². The van der Waals surface area contributed by atoms with Crippen molar-refractivity contribution in [3.63, 3.8) is 0 Å². The van der Waals surface area contributed by atoms with Crippen molar-refractivity contribution in [1.29, 1.82) is 0 Å². The van der Waals surface area contributed by atoms with Gasteiger partial charge in [0.15, 0.2) is 0 Å². The number of amides is 1. The molecule has 1 aromatic carbocycles. The van der Waals surface area contributed by atoms with Gasteiger partial charge < -0.3 is 0 Å². The third-order valence-electron chi connectivity index (χ3n) is 2.53. The van der Waals surface area contributed by atoms with E-state index in [1.165, 1.54) is 23.6 Å². The van der Waals surface area contributed by atoms with Crippen LogP contribution < -0.4 is 5.43 Å². The molecule has 2 aromatic rings. The maximum atomic E-state index is 11.6. The highest BCUT2D eigenvalue weighted by Gasteiger charge is 2.10. The number of hydrogen-bond acceptors (Lipinski definition) is 6. The first-order valence-electron chi connectivity index (χ1n) is 6.02. The number of aromatic nitrogens is 1. The van der Waals surface area contributed by atoms with Gasteiger partial charge in [0.05, 0.1) is 33.8 Å². The van der Waals surface area contributed by atoms with Crippen molar-refractivity contribution in [2.45, 2.75) is 13.3 Å². The van der Waals surface area contributed by atoms with Gasteiger partial charge in [-0.15, -0.1) is 11.3 Å². The molecule has 0 aliphatic carbocycles. The van der Waals surface area contributed by atoms with Crippen LogP contribution in [0.5, 0.6) is 0 Å². The summed E-state index contributed by atoms with van der Waals surface area (Å²) >= 11 is 1.47. The first kappa shape index (κ1) is 14.8. The molecule has 1 amide bonds. The number of carbonyl (C=O) groups excluding carboxylic acids is 1. The SMILES string of the molecule is Cc1nc(CC(=O)NN=Cc2ccccc2[N+](=O)[O-])cs1. The Hall–Kier alpha value is -2.61. The molecule has 0 aliphatic rings. The fourth-order valence-electron chi connectivity index (χ4n) is 1.63. The molecule has 0 spiro atoms. The van der Waals surface area contributed by atoms with E-state index >= 15 is 0 Å². The maximum Gasteiger partial charge on any atom is 0.278 e. The Morgan fingerprint density at radius 1 is 1.52 bits per heavy atom. The second kappa shape index (κ2) is 6.71. The van der Waals surface area contributed by atoms with E-state index in [1.54, 1.807) is 23.6 Å². The van der Waals surface area contributed by atoms with Crippen LogP contribution in [0.15, 0.2) is 34.7 Å². The molecule has 0 bridgehead atoms. The number of nitro benzene ring substituents is 1. The lowest BCUT2D eigenvalue weighted by molar-refractivity contribution is -0.385. The van der Waals surface area contributed by atoms with E-state index in [9.17, 15) is 14.9 Å². The van der Waals surface area contributed by atoms with Gasteiger partial charge in [0, 0.05) is 11.4 Å². The number of thiazole rings is 1. The molecule has 0 aliphatic heterocycles. The van der Waals surface area contributed by atoms with Crippen molar-refractivity contribution >= 4 is 29.1 Å². The third kappa shape index (κ3) is 4.18. The smallest absolute Gasteiger partial charge is 0.273 e. The third-order valence-corrected chi connectivity index (χ3v) is 3.36. The zero-order chi connectivity index (χ0) is 15.2. The predicted octanol–water partition coefficient (Wildman–Crippen LogP) is 2.05. The molecule has 1 N–H and O–H groups in total. The van der Waals surface area contributed by atoms with Crippen LogP contribution >= 0.6 is 11.3 Å². The van der Waals surface area contributed by atoms with E-state index in [2.05, 4.69) is 15.5 Å². The number of nitro groups is 1. The highest BCUT2D eigenvalue weighted by atomic mass is 32.1. The number of aryl methyl sites for hydroxylation is 1. The van der Waals surface area contributed by atoms with E-state index in [0.29, 0.717) is 11.3 Å². The van der Waals surface area contributed by atoms with Gasteiger partial charge >= 0.3 is 0 Å².